The molecule has 1 aliphatic rings. The van der Waals surface area contributed by atoms with Gasteiger partial charge >= 0.3 is 5.97 Å². The lowest BCUT2D eigenvalue weighted by Gasteiger charge is -2.10. The van der Waals surface area contributed by atoms with E-state index in [0.29, 0.717) is 17.6 Å². The Bertz CT molecular complexity index is 600. The average molecular weight is 386 g/mol. The molecule has 1 saturated heterocycles. The number of halogens is 2. The van der Waals surface area contributed by atoms with Crippen LogP contribution in [-0.2, 0) is 19.1 Å². The fourth-order valence-corrected chi connectivity index (χ4v) is 2.45. The van der Waals surface area contributed by atoms with E-state index in [9.17, 15) is 14.0 Å². The highest BCUT2D eigenvalue weighted by Crippen LogP contribution is 2.16. The van der Waals surface area contributed by atoms with Crippen LogP contribution in [0.1, 0.15) is 18.4 Å². The monoisotopic (exact) mass is 385 g/mol. The Hall–Kier alpha value is -1.73. The third-order valence-corrected chi connectivity index (χ3v) is 3.75. The third-order valence-electron chi connectivity index (χ3n) is 3.25. The Morgan fingerprint density at radius 1 is 1.48 bits per heavy atom. The second-order valence-corrected chi connectivity index (χ2v) is 5.96. The smallest absolute Gasteiger partial charge is 0.331 e. The molecule has 1 aromatic rings. The van der Waals surface area contributed by atoms with Crippen molar-refractivity contribution in [1.29, 1.82) is 0 Å². The number of esters is 1. The van der Waals surface area contributed by atoms with Crippen molar-refractivity contribution in [2.45, 2.75) is 18.9 Å². The Labute approximate surface area is 142 Å². The summed E-state index contributed by atoms with van der Waals surface area (Å²) in [6.45, 7) is 0.749. The first-order valence-electron chi connectivity index (χ1n) is 7.23. The first kappa shape index (κ1) is 17.6. The van der Waals surface area contributed by atoms with Crippen molar-refractivity contribution in [1.82, 2.24) is 5.32 Å². The Balaban J connectivity index is 1.72. The summed E-state index contributed by atoms with van der Waals surface area (Å²) < 4.78 is 24.3. The van der Waals surface area contributed by atoms with Gasteiger partial charge in [-0.25, -0.2) is 9.18 Å². The largest absolute Gasteiger partial charge is 0.452 e. The standard InChI is InChI=1S/C16H17BrFNO4/c17-12-4-5-14(18)11(8-12)3-6-16(21)23-10-15(20)19-9-13-2-1-7-22-13/h3-6,8,13H,1-2,7,9-10H2,(H,19,20)/b6-3+/t13-/m1/s1. The number of carbonyl (C=O) groups excluding carboxylic acids is 2. The highest BCUT2D eigenvalue weighted by Gasteiger charge is 2.16. The van der Waals surface area contributed by atoms with E-state index in [4.69, 9.17) is 9.47 Å². The molecule has 1 N–H and O–H groups in total. The molecule has 0 aliphatic carbocycles. The van der Waals surface area contributed by atoms with Crippen molar-refractivity contribution in [2.75, 3.05) is 19.8 Å². The normalized spacial score (nSPS) is 17.4. The maximum atomic E-state index is 13.5. The van der Waals surface area contributed by atoms with E-state index in [1.807, 2.05) is 0 Å². The zero-order chi connectivity index (χ0) is 16.7. The van der Waals surface area contributed by atoms with E-state index in [1.165, 1.54) is 18.2 Å². The average Bonchev–Trinajstić information content (AvgIpc) is 3.05. The van der Waals surface area contributed by atoms with E-state index >= 15 is 0 Å². The van der Waals surface area contributed by atoms with Crippen LogP contribution in [0.25, 0.3) is 6.08 Å². The maximum Gasteiger partial charge on any atom is 0.331 e. The number of rotatable bonds is 6. The quantitative estimate of drug-likeness (QED) is 0.603. The number of hydrogen-bond acceptors (Lipinski definition) is 4. The molecule has 0 aromatic heterocycles. The zero-order valence-corrected chi connectivity index (χ0v) is 14.0. The molecule has 0 radical (unpaired) electrons. The number of hydrogen-bond donors (Lipinski definition) is 1. The maximum absolute atomic E-state index is 13.5. The summed E-state index contributed by atoms with van der Waals surface area (Å²) in [7, 11) is 0. The summed E-state index contributed by atoms with van der Waals surface area (Å²) in [6, 6.07) is 4.38. The first-order chi connectivity index (χ1) is 11.0. The molecule has 1 fully saturated rings. The molecule has 5 nitrogen and oxygen atoms in total. The number of nitrogens with one attached hydrogen (secondary N) is 1. The zero-order valence-electron chi connectivity index (χ0n) is 12.4. The molecular weight excluding hydrogens is 369 g/mol. The molecule has 7 heteroatoms. The molecule has 1 heterocycles. The van der Waals surface area contributed by atoms with Gasteiger partial charge in [0.2, 0.25) is 0 Å². The Kier molecular flexibility index (Phi) is 6.73. The molecule has 0 unspecified atom stereocenters. The molecule has 1 amide bonds. The number of ether oxygens (including phenoxy) is 2. The molecule has 1 aliphatic heterocycles. The molecule has 1 aromatic carbocycles. The van der Waals surface area contributed by atoms with Gasteiger partial charge in [0.05, 0.1) is 6.10 Å². The van der Waals surface area contributed by atoms with E-state index < -0.39 is 17.7 Å². The SMILES string of the molecule is O=C(COC(=O)/C=C/c1cc(Br)ccc1F)NC[C@H]1CCCO1. The summed E-state index contributed by atoms with van der Waals surface area (Å²) >= 11 is 3.22. The summed E-state index contributed by atoms with van der Waals surface area (Å²) in [4.78, 5) is 23.1. The lowest BCUT2D eigenvalue weighted by atomic mass is 10.2. The van der Waals surface area contributed by atoms with Crippen LogP contribution in [0.5, 0.6) is 0 Å². The first-order valence-corrected chi connectivity index (χ1v) is 8.02. The molecule has 2 rings (SSSR count). The van der Waals surface area contributed by atoms with E-state index in [-0.39, 0.29) is 18.3 Å². The molecular formula is C16H17BrFNO4. The van der Waals surface area contributed by atoms with Gasteiger partial charge in [0, 0.05) is 29.3 Å². The highest BCUT2D eigenvalue weighted by molar-refractivity contribution is 9.10. The van der Waals surface area contributed by atoms with Gasteiger partial charge in [0.15, 0.2) is 6.61 Å². The minimum Gasteiger partial charge on any atom is -0.452 e. The molecule has 124 valence electrons. The van der Waals surface area contributed by atoms with Gasteiger partial charge in [-0.05, 0) is 37.1 Å². The fraction of sp³-hybridized carbons (Fsp3) is 0.375. The van der Waals surface area contributed by atoms with Gasteiger partial charge in [-0.3, -0.25) is 4.79 Å². The van der Waals surface area contributed by atoms with Gasteiger partial charge < -0.3 is 14.8 Å². The topological polar surface area (TPSA) is 64.6 Å². The summed E-state index contributed by atoms with van der Waals surface area (Å²) in [5.74, 6) is -1.56. The van der Waals surface area contributed by atoms with Gasteiger partial charge in [-0.1, -0.05) is 15.9 Å². The van der Waals surface area contributed by atoms with Crippen LogP contribution in [0.3, 0.4) is 0 Å². The minimum absolute atomic E-state index is 0.0362. The predicted octanol–water partition coefficient (Wildman–Crippen LogP) is 2.44. The Morgan fingerprint density at radius 2 is 2.30 bits per heavy atom. The van der Waals surface area contributed by atoms with Crippen LogP contribution < -0.4 is 5.32 Å². The van der Waals surface area contributed by atoms with Crippen LogP contribution in [-0.4, -0.2) is 37.7 Å². The van der Waals surface area contributed by atoms with E-state index in [2.05, 4.69) is 21.2 Å². The van der Waals surface area contributed by atoms with E-state index in [0.717, 1.165) is 18.9 Å². The van der Waals surface area contributed by atoms with E-state index in [1.54, 1.807) is 6.07 Å². The molecule has 1 atom stereocenters. The van der Waals surface area contributed by atoms with Crippen LogP contribution in [0.4, 0.5) is 4.39 Å². The minimum atomic E-state index is -0.711. The number of carbonyl (C=O) groups is 2. The lowest BCUT2D eigenvalue weighted by molar-refractivity contribution is -0.143. The molecule has 0 spiro atoms. The van der Waals surface area contributed by atoms with Crippen LogP contribution in [0, 0.1) is 5.82 Å². The van der Waals surface area contributed by atoms with Crippen LogP contribution in [0.2, 0.25) is 0 Å². The van der Waals surface area contributed by atoms with Crippen molar-refractivity contribution in [3.63, 3.8) is 0 Å². The summed E-state index contributed by atoms with van der Waals surface area (Å²) in [5.41, 5.74) is 0.249. The van der Waals surface area contributed by atoms with Gasteiger partial charge in [0.1, 0.15) is 5.82 Å². The second-order valence-electron chi connectivity index (χ2n) is 5.05. The van der Waals surface area contributed by atoms with Crippen LogP contribution in [0.15, 0.2) is 28.7 Å². The highest BCUT2D eigenvalue weighted by atomic mass is 79.9. The van der Waals surface area contributed by atoms with Crippen molar-refractivity contribution >= 4 is 33.9 Å². The molecule has 23 heavy (non-hydrogen) atoms. The molecule has 0 bridgehead atoms. The summed E-state index contributed by atoms with van der Waals surface area (Å²) in [6.07, 6.45) is 4.33. The second kappa shape index (κ2) is 8.79. The predicted molar refractivity (Wildman–Crippen MR) is 86.1 cm³/mol. The number of benzene rings is 1. The Morgan fingerprint density at radius 3 is 3.04 bits per heavy atom. The van der Waals surface area contributed by atoms with Gasteiger partial charge in [-0.2, -0.15) is 0 Å². The van der Waals surface area contributed by atoms with Crippen LogP contribution >= 0.6 is 15.9 Å². The molecule has 0 saturated carbocycles. The van der Waals surface area contributed by atoms with Gasteiger partial charge in [0.25, 0.3) is 5.91 Å². The van der Waals surface area contributed by atoms with Gasteiger partial charge in [-0.15, -0.1) is 0 Å². The third kappa shape index (κ3) is 6.11. The van der Waals surface area contributed by atoms with Crippen molar-refractivity contribution in [3.05, 3.63) is 40.1 Å². The van der Waals surface area contributed by atoms with Crippen molar-refractivity contribution < 1.29 is 23.5 Å². The van der Waals surface area contributed by atoms with Crippen molar-refractivity contribution in [2.24, 2.45) is 0 Å². The fourth-order valence-electron chi connectivity index (χ4n) is 2.07. The lowest BCUT2D eigenvalue weighted by Crippen LogP contribution is -2.34. The van der Waals surface area contributed by atoms with Crippen molar-refractivity contribution in [3.8, 4) is 0 Å². The number of amides is 1. The summed E-state index contributed by atoms with van der Waals surface area (Å²) in [5, 5.41) is 2.64.